The summed E-state index contributed by atoms with van der Waals surface area (Å²) in [6.07, 6.45) is 9.45. The molecule has 19 heavy (non-hydrogen) atoms. The molecular weight excluding hydrogens is 320 g/mol. The van der Waals surface area contributed by atoms with E-state index in [4.69, 9.17) is 0 Å². The van der Waals surface area contributed by atoms with Crippen molar-refractivity contribution in [2.75, 3.05) is 0 Å². The Balaban J connectivity index is 1.76. The predicted octanol–water partition coefficient (Wildman–Crippen LogP) is 5.62. The molecule has 1 aromatic rings. The molecule has 0 N–H and O–H groups in total. The maximum absolute atomic E-state index is 12.3. The van der Waals surface area contributed by atoms with Crippen LogP contribution in [0.15, 0.2) is 15.9 Å². The van der Waals surface area contributed by atoms with Crippen LogP contribution in [0.25, 0.3) is 0 Å². The molecule has 0 saturated heterocycles. The molecule has 0 bridgehead atoms. The van der Waals surface area contributed by atoms with E-state index in [-0.39, 0.29) is 0 Å². The molecule has 0 atom stereocenters. The fraction of sp³-hybridized carbons (Fsp3) is 0.688. The van der Waals surface area contributed by atoms with Crippen LogP contribution in [0.5, 0.6) is 0 Å². The van der Waals surface area contributed by atoms with Gasteiger partial charge in [0.15, 0.2) is 0 Å². The molecule has 0 radical (unpaired) electrons. The summed E-state index contributed by atoms with van der Waals surface area (Å²) >= 11 is 5.14. The fourth-order valence-electron chi connectivity index (χ4n) is 3.03. The molecule has 0 unspecified atom stereocenters. The van der Waals surface area contributed by atoms with Gasteiger partial charge >= 0.3 is 0 Å². The second-order valence-electron chi connectivity index (χ2n) is 5.71. The molecule has 1 aliphatic rings. The van der Waals surface area contributed by atoms with Gasteiger partial charge in [-0.15, -0.1) is 11.3 Å². The van der Waals surface area contributed by atoms with Crippen LogP contribution in [0.2, 0.25) is 0 Å². The maximum atomic E-state index is 12.3. The predicted molar refractivity (Wildman–Crippen MR) is 85.7 cm³/mol. The average molecular weight is 343 g/mol. The van der Waals surface area contributed by atoms with Crippen molar-refractivity contribution in [1.82, 2.24) is 0 Å². The van der Waals surface area contributed by atoms with E-state index in [2.05, 4.69) is 28.9 Å². The van der Waals surface area contributed by atoms with Crippen LogP contribution in [-0.2, 0) is 11.2 Å². The van der Waals surface area contributed by atoms with E-state index in [1.165, 1.54) is 37.0 Å². The molecule has 0 spiro atoms. The number of carbonyl (C=O) groups is 1. The molecule has 3 heteroatoms. The number of carbonyl (C=O) groups excluding carboxylic acids is 1. The first-order valence-corrected chi connectivity index (χ1v) is 9.07. The molecule has 1 aromatic heterocycles. The number of hydrogen-bond donors (Lipinski definition) is 0. The number of ketones is 1. The molecular formula is C16H23BrOS. The zero-order valence-corrected chi connectivity index (χ0v) is 14.1. The van der Waals surface area contributed by atoms with Gasteiger partial charge in [-0.2, -0.15) is 0 Å². The molecule has 0 amide bonds. The number of unbranched alkanes of at least 4 members (excludes halogenated alkanes) is 1. The lowest BCUT2D eigenvalue weighted by Crippen LogP contribution is -2.23. The summed E-state index contributed by atoms with van der Waals surface area (Å²) in [4.78, 5) is 13.5. The molecule has 106 valence electrons. The molecule has 1 fully saturated rings. The Hall–Kier alpha value is -0.150. The summed E-state index contributed by atoms with van der Waals surface area (Å²) in [6.45, 7) is 2.26. The minimum Gasteiger partial charge on any atom is -0.299 e. The van der Waals surface area contributed by atoms with E-state index in [1.54, 1.807) is 11.3 Å². The van der Waals surface area contributed by atoms with Gasteiger partial charge in [0.2, 0.25) is 0 Å². The number of Topliss-reactive ketones (excluding diaryl/α,β-unsaturated/α-hetero) is 1. The number of thiophene rings is 1. The highest BCUT2D eigenvalue weighted by atomic mass is 79.9. The monoisotopic (exact) mass is 342 g/mol. The standard InChI is InChI=1S/C16H23BrOS/c1-2-3-4-12-5-7-13(8-6-12)15(18)11-14-9-10-16(17)19-14/h9-10,12-13H,2-8,11H2,1H3. The number of halogens is 1. The molecule has 0 aliphatic heterocycles. The van der Waals surface area contributed by atoms with Gasteiger partial charge in [-0.25, -0.2) is 0 Å². The van der Waals surface area contributed by atoms with Crippen molar-refractivity contribution in [1.29, 1.82) is 0 Å². The second kappa shape index (κ2) is 7.58. The largest absolute Gasteiger partial charge is 0.299 e. The minimum absolute atomic E-state index is 0.332. The van der Waals surface area contributed by atoms with Crippen LogP contribution < -0.4 is 0 Å². The molecule has 0 aromatic carbocycles. The first-order chi connectivity index (χ1) is 9.19. The summed E-state index contributed by atoms with van der Waals surface area (Å²) in [6, 6.07) is 4.11. The van der Waals surface area contributed by atoms with Crippen molar-refractivity contribution in [2.24, 2.45) is 11.8 Å². The van der Waals surface area contributed by atoms with E-state index >= 15 is 0 Å². The van der Waals surface area contributed by atoms with Crippen LogP contribution in [0, 0.1) is 11.8 Å². The highest BCUT2D eigenvalue weighted by Crippen LogP contribution is 2.33. The molecule has 1 heterocycles. The lowest BCUT2D eigenvalue weighted by atomic mass is 9.77. The highest BCUT2D eigenvalue weighted by molar-refractivity contribution is 9.11. The van der Waals surface area contributed by atoms with Crippen LogP contribution >= 0.6 is 27.3 Å². The molecule has 1 nitrogen and oxygen atoms in total. The minimum atomic E-state index is 0.332. The van der Waals surface area contributed by atoms with E-state index in [0.717, 1.165) is 22.5 Å². The molecule has 2 rings (SSSR count). The smallest absolute Gasteiger partial charge is 0.141 e. The lowest BCUT2D eigenvalue weighted by Gasteiger charge is -2.27. The van der Waals surface area contributed by atoms with Crippen molar-refractivity contribution < 1.29 is 4.79 Å². The zero-order chi connectivity index (χ0) is 13.7. The number of hydrogen-bond acceptors (Lipinski definition) is 2. The summed E-state index contributed by atoms with van der Waals surface area (Å²) in [7, 11) is 0. The third-order valence-electron chi connectivity index (χ3n) is 4.25. The second-order valence-corrected chi connectivity index (χ2v) is 8.26. The van der Waals surface area contributed by atoms with Crippen LogP contribution in [0.1, 0.15) is 56.7 Å². The Morgan fingerprint density at radius 1 is 1.32 bits per heavy atom. The summed E-state index contributed by atoms with van der Waals surface area (Å²) in [5.41, 5.74) is 0. The van der Waals surface area contributed by atoms with Gasteiger partial charge in [-0.1, -0.05) is 26.2 Å². The van der Waals surface area contributed by atoms with Gasteiger partial charge in [0, 0.05) is 17.2 Å². The van der Waals surface area contributed by atoms with Crippen molar-refractivity contribution in [2.45, 2.75) is 58.3 Å². The normalized spacial score (nSPS) is 23.5. The first kappa shape index (κ1) is 15.2. The fourth-order valence-corrected chi connectivity index (χ4v) is 4.52. The van der Waals surface area contributed by atoms with Crippen molar-refractivity contribution in [3.63, 3.8) is 0 Å². The topological polar surface area (TPSA) is 17.1 Å². The summed E-state index contributed by atoms with van der Waals surface area (Å²) in [5.74, 6) is 1.68. The van der Waals surface area contributed by atoms with Gasteiger partial charge in [0.05, 0.1) is 3.79 Å². The van der Waals surface area contributed by atoms with E-state index in [1.807, 2.05) is 6.07 Å². The Morgan fingerprint density at radius 3 is 2.63 bits per heavy atom. The Labute approximate surface area is 128 Å². The molecule has 1 saturated carbocycles. The molecule has 1 aliphatic carbocycles. The van der Waals surface area contributed by atoms with Crippen LogP contribution in [0.4, 0.5) is 0 Å². The van der Waals surface area contributed by atoms with Crippen LogP contribution in [0.3, 0.4) is 0 Å². The van der Waals surface area contributed by atoms with Crippen LogP contribution in [-0.4, -0.2) is 5.78 Å². The van der Waals surface area contributed by atoms with E-state index < -0.39 is 0 Å². The van der Waals surface area contributed by atoms with Gasteiger partial charge in [0.25, 0.3) is 0 Å². The lowest BCUT2D eigenvalue weighted by molar-refractivity contribution is -0.123. The Morgan fingerprint density at radius 2 is 2.05 bits per heavy atom. The third kappa shape index (κ3) is 4.71. The SMILES string of the molecule is CCCCC1CCC(C(=O)Cc2ccc(Br)s2)CC1. The number of rotatable bonds is 6. The first-order valence-electron chi connectivity index (χ1n) is 7.46. The van der Waals surface area contributed by atoms with Gasteiger partial charge in [-0.05, 0) is 59.7 Å². The van der Waals surface area contributed by atoms with Gasteiger partial charge in [-0.3, -0.25) is 4.79 Å². The Bertz CT molecular complexity index is 405. The van der Waals surface area contributed by atoms with Crippen molar-refractivity contribution in [3.8, 4) is 0 Å². The highest BCUT2D eigenvalue weighted by Gasteiger charge is 2.25. The summed E-state index contributed by atoms with van der Waals surface area (Å²) in [5, 5.41) is 0. The maximum Gasteiger partial charge on any atom is 0.141 e. The van der Waals surface area contributed by atoms with Gasteiger partial charge < -0.3 is 0 Å². The Kier molecular flexibility index (Phi) is 6.08. The quantitative estimate of drug-likeness (QED) is 0.655. The summed E-state index contributed by atoms with van der Waals surface area (Å²) < 4.78 is 1.12. The van der Waals surface area contributed by atoms with E-state index in [0.29, 0.717) is 18.1 Å². The third-order valence-corrected chi connectivity index (χ3v) is 5.87. The average Bonchev–Trinajstić information content (AvgIpc) is 2.82. The van der Waals surface area contributed by atoms with Gasteiger partial charge in [0.1, 0.15) is 5.78 Å². The van der Waals surface area contributed by atoms with Crippen molar-refractivity contribution in [3.05, 3.63) is 20.8 Å². The van der Waals surface area contributed by atoms with Crippen molar-refractivity contribution >= 4 is 33.0 Å². The zero-order valence-electron chi connectivity index (χ0n) is 11.7. The van der Waals surface area contributed by atoms with E-state index in [9.17, 15) is 4.79 Å².